The SMILES string of the molecule is COCC(N)CSCC(C)CO. The largest absolute Gasteiger partial charge is 0.396 e. The van der Waals surface area contributed by atoms with Crippen LogP contribution in [-0.2, 0) is 4.74 Å². The Morgan fingerprint density at radius 3 is 2.67 bits per heavy atom. The van der Waals surface area contributed by atoms with Crippen molar-refractivity contribution in [1.82, 2.24) is 0 Å². The zero-order valence-corrected chi connectivity index (χ0v) is 8.64. The summed E-state index contributed by atoms with van der Waals surface area (Å²) in [5, 5.41) is 8.73. The van der Waals surface area contributed by atoms with Crippen LogP contribution in [0.3, 0.4) is 0 Å². The van der Waals surface area contributed by atoms with Crippen molar-refractivity contribution in [3.8, 4) is 0 Å². The van der Waals surface area contributed by atoms with Crippen LogP contribution < -0.4 is 5.73 Å². The Balaban J connectivity index is 3.18. The highest BCUT2D eigenvalue weighted by molar-refractivity contribution is 7.99. The number of aliphatic hydroxyl groups excluding tert-OH is 1. The highest BCUT2D eigenvalue weighted by atomic mass is 32.2. The maximum Gasteiger partial charge on any atom is 0.0621 e. The molecule has 0 aromatic carbocycles. The number of aliphatic hydroxyl groups is 1. The van der Waals surface area contributed by atoms with Gasteiger partial charge in [-0.1, -0.05) is 6.92 Å². The fourth-order valence-corrected chi connectivity index (χ4v) is 1.78. The third-order valence-corrected chi connectivity index (χ3v) is 2.90. The van der Waals surface area contributed by atoms with Gasteiger partial charge in [0.05, 0.1) is 6.61 Å². The van der Waals surface area contributed by atoms with E-state index in [4.69, 9.17) is 15.6 Å². The molecular weight excluding hydrogens is 174 g/mol. The van der Waals surface area contributed by atoms with Crippen LogP contribution in [0.1, 0.15) is 6.92 Å². The minimum Gasteiger partial charge on any atom is -0.396 e. The van der Waals surface area contributed by atoms with E-state index in [-0.39, 0.29) is 12.6 Å². The lowest BCUT2D eigenvalue weighted by Gasteiger charge is -2.11. The van der Waals surface area contributed by atoms with Crippen molar-refractivity contribution in [2.24, 2.45) is 11.7 Å². The molecular formula is C8H19NO2S. The number of hydrogen-bond donors (Lipinski definition) is 2. The average molecular weight is 193 g/mol. The summed E-state index contributed by atoms with van der Waals surface area (Å²) in [6, 6.07) is 0.117. The molecule has 2 unspecified atom stereocenters. The lowest BCUT2D eigenvalue weighted by atomic mass is 10.2. The molecule has 2 atom stereocenters. The van der Waals surface area contributed by atoms with Gasteiger partial charge in [0.25, 0.3) is 0 Å². The van der Waals surface area contributed by atoms with Gasteiger partial charge in [-0.3, -0.25) is 0 Å². The first kappa shape index (κ1) is 12.2. The second-order valence-corrected chi connectivity index (χ2v) is 4.12. The molecule has 0 heterocycles. The van der Waals surface area contributed by atoms with Crippen LogP contribution in [0.2, 0.25) is 0 Å². The van der Waals surface area contributed by atoms with Gasteiger partial charge in [-0.2, -0.15) is 11.8 Å². The summed E-state index contributed by atoms with van der Waals surface area (Å²) < 4.78 is 4.90. The van der Waals surface area contributed by atoms with E-state index in [1.54, 1.807) is 18.9 Å². The smallest absolute Gasteiger partial charge is 0.0621 e. The first-order valence-electron chi connectivity index (χ1n) is 4.13. The van der Waals surface area contributed by atoms with E-state index in [1.807, 2.05) is 6.92 Å². The topological polar surface area (TPSA) is 55.5 Å². The van der Waals surface area contributed by atoms with Crippen LogP contribution >= 0.6 is 11.8 Å². The van der Waals surface area contributed by atoms with E-state index in [9.17, 15) is 0 Å². The summed E-state index contributed by atoms with van der Waals surface area (Å²) in [6.07, 6.45) is 0. The van der Waals surface area contributed by atoms with Gasteiger partial charge in [-0.05, 0) is 11.7 Å². The molecule has 0 radical (unpaired) electrons. The third kappa shape index (κ3) is 6.91. The summed E-state index contributed by atoms with van der Waals surface area (Å²) >= 11 is 1.77. The van der Waals surface area contributed by atoms with Gasteiger partial charge in [0.1, 0.15) is 0 Å². The Morgan fingerprint density at radius 2 is 2.17 bits per heavy atom. The van der Waals surface area contributed by atoms with Gasteiger partial charge < -0.3 is 15.6 Å². The molecule has 4 heteroatoms. The van der Waals surface area contributed by atoms with E-state index in [0.29, 0.717) is 12.5 Å². The second-order valence-electron chi connectivity index (χ2n) is 3.04. The van der Waals surface area contributed by atoms with Crippen molar-refractivity contribution in [1.29, 1.82) is 0 Å². The molecule has 3 N–H and O–H groups in total. The lowest BCUT2D eigenvalue weighted by molar-refractivity contribution is 0.186. The highest BCUT2D eigenvalue weighted by Gasteiger charge is 2.04. The minimum absolute atomic E-state index is 0.117. The van der Waals surface area contributed by atoms with Crippen LogP contribution in [0.4, 0.5) is 0 Å². The van der Waals surface area contributed by atoms with Gasteiger partial charge in [-0.15, -0.1) is 0 Å². The Kier molecular flexibility index (Phi) is 8.01. The number of methoxy groups -OCH3 is 1. The van der Waals surface area contributed by atoms with E-state index in [2.05, 4.69) is 0 Å². The Hall–Kier alpha value is 0.230. The monoisotopic (exact) mass is 193 g/mol. The average Bonchev–Trinajstić information content (AvgIpc) is 2.04. The quantitative estimate of drug-likeness (QED) is 0.611. The zero-order valence-electron chi connectivity index (χ0n) is 7.82. The first-order chi connectivity index (χ1) is 5.70. The van der Waals surface area contributed by atoms with Crippen molar-refractivity contribution in [3.63, 3.8) is 0 Å². The Morgan fingerprint density at radius 1 is 1.50 bits per heavy atom. The molecule has 0 aromatic rings. The molecule has 0 saturated carbocycles. The van der Waals surface area contributed by atoms with Crippen LogP contribution in [0.15, 0.2) is 0 Å². The number of thioether (sulfide) groups is 1. The summed E-state index contributed by atoms with van der Waals surface area (Å²) in [4.78, 5) is 0. The Bertz CT molecular complexity index is 103. The fourth-order valence-electron chi connectivity index (χ4n) is 0.735. The van der Waals surface area contributed by atoms with Gasteiger partial charge in [0.2, 0.25) is 0 Å². The summed E-state index contributed by atoms with van der Waals surface area (Å²) in [6.45, 7) is 2.89. The molecule has 3 nitrogen and oxygen atoms in total. The maximum atomic E-state index is 8.73. The summed E-state index contributed by atoms with van der Waals surface area (Å²) in [7, 11) is 1.65. The van der Waals surface area contributed by atoms with Crippen LogP contribution in [0.5, 0.6) is 0 Å². The lowest BCUT2D eigenvalue weighted by Crippen LogP contribution is -2.28. The van der Waals surface area contributed by atoms with E-state index < -0.39 is 0 Å². The van der Waals surface area contributed by atoms with Crippen molar-refractivity contribution in [2.45, 2.75) is 13.0 Å². The molecule has 0 aliphatic carbocycles. The van der Waals surface area contributed by atoms with Crippen LogP contribution in [0, 0.1) is 5.92 Å². The van der Waals surface area contributed by atoms with Crippen molar-refractivity contribution < 1.29 is 9.84 Å². The maximum absolute atomic E-state index is 8.73. The number of ether oxygens (including phenoxy) is 1. The third-order valence-electron chi connectivity index (χ3n) is 1.43. The first-order valence-corrected chi connectivity index (χ1v) is 5.29. The van der Waals surface area contributed by atoms with Gasteiger partial charge in [-0.25, -0.2) is 0 Å². The fraction of sp³-hybridized carbons (Fsp3) is 1.00. The van der Waals surface area contributed by atoms with E-state index >= 15 is 0 Å². The molecule has 0 aliphatic heterocycles. The normalized spacial score (nSPS) is 16.0. The standard InChI is InChI=1S/C8H19NO2S/c1-7(3-10)5-12-6-8(9)4-11-2/h7-8,10H,3-6,9H2,1-2H3. The molecule has 0 spiro atoms. The molecule has 0 aliphatic rings. The summed E-state index contributed by atoms with van der Waals surface area (Å²) in [5.41, 5.74) is 5.70. The molecule has 0 aromatic heterocycles. The number of rotatable bonds is 7. The predicted octanol–water partition coefficient (Wildman–Crippen LogP) is 0.322. The number of hydrogen-bond acceptors (Lipinski definition) is 4. The van der Waals surface area contributed by atoms with Crippen LogP contribution in [-0.4, -0.2) is 43.0 Å². The summed E-state index contributed by atoms with van der Waals surface area (Å²) in [5.74, 6) is 2.23. The van der Waals surface area contributed by atoms with Crippen LogP contribution in [0.25, 0.3) is 0 Å². The molecule has 0 bridgehead atoms. The van der Waals surface area contributed by atoms with Gasteiger partial charge >= 0.3 is 0 Å². The molecule has 12 heavy (non-hydrogen) atoms. The molecule has 0 fully saturated rings. The predicted molar refractivity (Wildman–Crippen MR) is 53.4 cm³/mol. The molecule has 0 saturated heterocycles. The second kappa shape index (κ2) is 7.86. The van der Waals surface area contributed by atoms with Crippen molar-refractivity contribution in [3.05, 3.63) is 0 Å². The van der Waals surface area contributed by atoms with E-state index in [0.717, 1.165) is 11.5 Å². The number of nitrogens with two attached hydrogens (primary N) is 1. The zero-order chi connectivity index (χ0) is 9.40. The molecule has 0 amide bonds. The van der Waals surface area contributed by atoms with Crippen molar-refractivity contribution >= 4 is 11.8 Å². The minimum atomic E-state index is 0.117. The molecule has 0 rings (SSSR count). The van der Waals surface area contributed by atoms with Gasteiger partial charge in [0, 0.05) is 25.5 Å². The van der Waals surface area contributed by atoms with Gasteiger partial charge in [0.15, 0.2) is 0 Å². The molecule has 74 valence electrons. The Labute approximate surface area is 78.7 Å². The van der Waals surface area contributed by atoms with Crippen molar-refractivity contribution in [2.75, 3.05) is 31.8 Å². The van der Waals surface area contributed by atoms with E-state index in [1.165, 1.54) is 0 Å². The highest BCUT2D eigenvalue weighted by Crippen LogP contribution is 2.08.